The van der Waals surface area contributed by atoms with Gasteiger partial charge in [0.25, 0.3) is 6.43 Å². The summed E-state index contributed by atoms with van der Waals surface area (Å²) in [6.07, 6.45) is -2.64. The molecule has 0 bridgehead atoms. The second-order valence-corrected chi connectivity index (χ2v) is 3.53. The van der Waals surface area contributed by atoms with Crippen LogP contribution in [0.3, 0.4) is 0 Å². The highest BCUT2D eigenvalue weighted by atomic mass is 19.3. The van der Waals surface area contributed by atoms with Gasteiger partial charge in [-0.25, -0.2) is 13.6 Å². The van der Waals surface area contributed by atoms with Crippen LogP contribution >= 0.6 is 0 Å². The molecule has 17 heavy (non-hydrogen) atoms. The van der Waals surface area contributed by atoms with Crippen LogP contribution in [0.1, 0.15) is 22.5 Å². The first kappa shape index (κ1) is 11.5. The number of hydrogen-bond donors (Lipinski definition) is 0. The van der Waals surface area contributed by atoms with Gasteiger partial charge < -0.3 is 4.74 Å². The number of methoxy groups -OCH3 is 1. The maximum absolute atomic E-state index is 12.7. The third-order valence-corrected chi connectivity index (χ3v) is 2.51. The van der Waals surface area contributed by atoms with Gasteiger partial charge in [-0.05, 0) is 18.2 Å². The number of benzene rings is 1. The van der Waals surface area contributed by atoms with Gasteiger partial charge in [-0.15, -0.1) is 0 Å². The van der Waals surface area contributed by atoms with Crippen LogP contribution in [-0.2, 0) is 11.8 Å². The molecule has 0 saturated heterocycles. The molecule has 0 N–H and O–H groups in total. The number of rotatable bonds is 2. The summed E-state index contributed by atoms with van der Waals surface area (Å²) >= 11 is 0. The van der Waals surface area contributed by atoms with E-state index in [1.165, 1.54) is 30.0 Å². The maximum atomic E-state index is 12.7. The Bertz CT molecular complexity index is 578. The lowest BCUT2D eigenvalue weighted by molar-refractivity contribution is 0.0601. The van der Waals surface area contributed by atoms with E-state index in [4.69, 9.17) is 0 Å². The number of alkyl halides is 2. The second kappa shape index (κ2) is 4.12. The highest BCUT2D eigenvalue weighted by molar-refractivity contribution is 5.95. The largest absolute Gasteiger partial charge is 0.465 e. The SMILES string of the molecule is COC(=O)c1ccc2c(C(F)F)nn(C)c2c1. The minimum atomic E-state index is -2.64. The first-order valence-electron chi connectivity index (χ1n) is 4.87. The zero-order valence-electron chi connectivity index (χ0n) is 9.28. The minimum absolute atomic E-state index is 0.279. The Labute approximate surface area is 95.8 Å². The van der Waals surface area contributed by atoms with Crippen LogP contribution in [-0.4, -0.2) is 22.9 Å². The van der Waals surface area contributed by atoms with Crippen LogP contribution in [0, 0.1) is 0 Å². The maximum Gasteiger partial charge on any atom is 0.337 e. The number of nitrogens with zero attached hydrogens (tertiary/aromatic N) is 2. The fourth-order valence-electron chi connectivity index (χ4n) is 1.69. The molecule has 0 atom stereocenters. The summed E-state index contributed by atoms with van der Waals surface area (Å²) in [5, 5.41) is 4.07. The number of ether oxygens (including phenoxy) is 1. The number of fused-ring (bicyclic) bond motifs is 1. The molecule has 0 aliphatic carbocycles. The molecular weight excluding hydrogens is 230 g/mol. The van der Waals surface area contributed by atoms with Crippen LogP contribution in [0.25, 0.3) is 10.9 Å². The van der Waals surface area contributed by atoms with E-state index in [2.05, 4.69) is 9.84 Å². The van der Waals surface area contributed by atoms with E-state index in [0.717, 1.165) is 0 Å². The smallest absolute Gasteiger partial charge is 0.337 e. The highest BCUT2D eigenvalue weighted by Crippen LogP contribution is 2.27. The molecule has 0 amide bonds. The lowest BCUT2D eigenvalue weighted by Gasteiger charge is -2.00. The summed E-state index contributed by atoms with van der Waals surface area (Å²) in [6.45, 7) is 0. The average Bonchev–Trinajstić information content (AvgIpc) is 2.65. The van der Waals surface area contributed by atoms with Crippen molar-refractivity contribution in [1.82, 2.24) is 9.78 Å². The molecule has 0 aliphatic heterocycles. The molecule has 0 saturated carbocycles. The van der Waals surface area contributed by atoms with Crippen LogP contribution in [0.4, 0.5) is 8.78 Å². The van der Waals surface area contributed by atoms with Gasteiger partial charge in [0.15, 0.2) is 0 Å². The van der Waals surface area contributed by atoms with E-state index in [-0.39, 0.29) is 5.69 Å². The van der Waals surface area contributed by atoms with E-state index in [9.17, 15) is 13.6 Å². The molecule has 4 nitrogen and oxygen atoms in total. The molecule has 0 spiro atoms. The Balaban J connectivity index is 2.63. The van der Waals surface area contributed by atoms with Gasteiger partial charge in [-0.2, -0.15) is 5.10 Å². The quantitative estimate of drug-likeness (QED) is 0.756. The van der Waals surface area contributed by atoms with E-state index < -0.39 is 12.4 Å². The zero-order chi connectivity index (χ0) is 12.6. The van der Waals surface area contributed by atoms with E-state index >= 15 is 0 Å². The van der Waals surface area contributed by atoms with Gasteiger partial charge in [-0.3, -0.25) is 4.68 Å². The topological polar surface area (TPSA) is 44.1 Å². The van der Waals surface area contributed by atoms with E-state index in [0.29, 0.717) is 16.5 Å². The fraction of sp³-hybridized carbons (Fsp3) is 0.273. The van der Waals surface area contributed by atoms with Crippen molar-refractivity contribution < 1.29 is 18.3 Å². The number of aryl methyl sites for hydroxylation is 1. The zero-order valence-corrected chi connectivity index (χ0v) is 9.28. The van der Waals surface area contributed by atoms with Crippen LogP contribution in [0.2, 0.25) is 0 Å². The summed E-state index contributed by atoms with van der Waals surface area (Å²) in [6, 6.07) is 4.39. The van der Waals surface area contributed by atoms with Crippen molar-refractivity contribution in [1.29, 1.82) is 0 Å². The molecule has 6 heteroatoms. The summed E-state index contributed by atoms with van der Waals surface area (Å²) in [7, 11) is 2.82. The van der Waals surface area contributed by atoms with Gasteiger partial charge in [0, 0.05) is 12.4 Å². The fourth-order valence-corrected chi connectivity index (χ4v) is 1.69. The number of esters is 1. The Morgan fingerprint density at radius 2 is 2.18 bits per heavy atom. The van der Waals surface area contributed by atoms with Crippen LogP contribution in [0.15, 0.2) is 18.2 Å². The lowest BCUT2D eigenvalue weighted by Crippen LogP contribution is -2.01. The van der Waals surface area contributed by atoms with Crippen molar-refractivity contribution >= 4 is 16.9 Å². The van der Waals surface area contributed by atoms with Crippen molar-refractivity contribution in [3.63, 3.8) is 0 Å². The molecule has 0 unspecified atom stereocenters. The monoisotopic (exact) mass is 240 g/mol. The Morgan fingerprint density at radius 1 is 1.47 bits per heavy atom. The third kappa shape index (κ3) is 1.86. The lowest BCUT2D eigenvalue weighted by atomic mass is 10.1. The van der Waals surface area contributed by atoms with Gasteiger partial charge in [0.05, 0.1) is 18.2 Å². The van der Waals surface area contributed by atoms with Crippen molar-refractivity contribution in [3.05, 3.63) is 29.5 Å². The normalized spacial score (nSPS) is 11.1. The predicted molar refractivity (Wildman–Crippen MR) is 57.0 cm³/mol. The number of halogens is 2. The predicted octanol–water partition coefficient (Wildman–Crippen LogP) is 2.30. The molecular formula is C11H10F2N2O2. The first-order chi connectivity index (χ1) is 8.04. The Hall–Kier alpha value is -1.98. The molecule has 0 radical (unpaired) electrons. The number of aromatic nitrogens is 2. The van der Waals surface area contributed by atoms with E-state index in [1.54, 1.807) is 7.05 Å². The molecule has 0 fully saturated rings. The first-order valence-corrected chi connectivity index (χ1v) is 4.87. The summed E-state index contributed by atoms with van der Waals surface area (Å²) in [5.41, 5.74) is 0.505. The van der Waals surface area contributed by atoms with E-state index in [1.807, 2.05) is 0 Å². The number of carbonyl (C=O) groups excluding carboxylic acids is 1. The van der Waals surface area contributed by atoms with Crippen molar-refractivity contribution in [2.75, 3.05) is 7.11 Å². The third-order valence-electron chi connectivity index (χ3n) is 2.51. The highest BCUT2D eigenvalue weighted by Gasteiger charge is 2.18. The number of carbonyl (C=O) groups is 1. The van der Waals surface area contributed by atoms with Gasteiger partial charge in [-0.1, -0.05) is 0 Å². The summed E-state index contributed by atoms with van der Waals surface area (Å²) < 4.78 is 31.2. The summed E-state index contributed by atoms with van der Waals surface area (Å²) in [4.78, 5) is 11.3. The summed E-state index contributed by atoms with van der Waals surface area (Å²) in [5.74, 6) is -0.508. The minimum Gasteiger partial charge on any atom is -0.465 e. The Kier molecular flexibility index (Phi) is 2.79. The molecule has 0 aliphatic rings. The van der Waals surface area contributed by atoms with Crippen LogP contribution < -0.4 is 0 Å². The van der Waals surface area contributed by atoms with Crippen molar-refractivity contribution in [2.24, 2.45) is 7.05 Å². The number of hydrogen-bond acceptors (Lipinski definition) is 3. The van der Waals surface area contributed by atoms with Crippen molar-refractivity contribution in [2.45, 2.75) is 6.43 Å². The average molecular weight is 240 g/mol. The molecule has 90 valence electrons. The van der Waals surface area contributed by atoms with Gasteiger partial charge in [0.1, 0.15) is 5.69 Å². The molecule has 2 rings (SSSR count). The van der Waals surface area contributed by atoms with Crippen molar-refractivity contribution in [3.8, 4) is 0 Å². The van der Waals surface area contributed by atoms with Gasteiger partial charge in [0.2, 0.25) is 0 Å². The molecule has 2 aromatic rings. The van der Waals surface area contributed by atoms with Crippen LogP contribution in [0.5, 0.6) is 0 Å². The molecule has 1 aromatic carbocycles. The second-order valence-electron chi connectivity index (χ2n) is 3.53. The standard InChI is InChI=1S/C11H10F2N2O2/c1-15-8-5-6(11(16)17-2)3-4-7(8)9(14-15)10(12)13/h3-5,10H,1-2H3. The molecule has 1 aromatic heterocycles. The molecule has 1 heterocycles. The van der Waals surface area contributed by atoms with Gasteiger partial charge >= 0.3 is 5.97 Å². The Morgan fingerprint density at radius 3 is 2.76 bits per heavy atom.